The second-order valence-corrected chi connectivity index (χ2v) is 4.72. The number of aromatic amines is 1. The number of nitrogens with one attached hydrogen (secondary N) is 3. The number of carbonyl (C=O) groups excluding carboxylic acids is 2. The van der Waals surface area contributed by atoms with E-state index in [-0.39, 0.29) is 37.1 Å². The highest BCUT2D eigenvalue weighted by atomic mass is 16.4. The van der Waals surface area contributed by atoms with Crippen molar-refractivity contribution in [3.05, 3.63) is 18.2 Å². The van der Waals surface area contributed by atoms with Gasteiger partial charge in [-0.3, -0.25) is 9.59 Å². The first kappa shape index (κ1) is 14.0. The van der Waals surface area contributed by atoms with Gasteiger partial charge in [0.1, 0.15) is 6.04 Å². The number of rotatable bonds is 5. The first-order valence-electron chi connectivity index (χ1n) is 6.33. The maximum absolute atomic E-state index is 12.0. The van der Waals surface area contributed by atoms with E-state index < -0.39 is 12.0 Å². The molecule has 0 saturated carbocycles. The Balaban J connectivity index is 1.92. The van der Waals surface area contributed by atoms with Crippen LogP contribution in [0.25, 0.3) is 0 Å². The molecule has 1 fully saturated rings. The molecule has 1 saturated heterocycles. The summed E-state index contributed by atoms with van der Waals surface area (Å²) in [5.41, 5.74) is 0.634. The molecule has 8 heteroatoms. The average molecular weight is 280 g/mol. The topological polar surface area (TPSA) is 124 Å². The lowest BCUT2D eigenvalue weighted by Gasteiger charge is -2.23. The van der Waals surface area contributed by atoms with E-state index in [0.717, 1.165) is 0 Å². The van der Waals surface area contributed by atoms with Gasteiger partial charge in [0, 0.05) is 31.3 Å². The third kappa shape index (κ3) is 3.56. The lowest BCUT2D eigenvalue weighted by atomic mass is 9.97. The van der Waals surface area contributed by atoms with Gasteiger partial charge in [0.2, 0.25) is 11.8 Å². The monoisotopic (exact) mass is 280 g/mol. The Morgan fingerprint density at radius 3 is 2.90 bits per heavy atom. The lowest BCUT2D eigenvalue weighted by molar-refractivity contribution is -0.143. The van der Waals surface area contributed by atoms with E-state index in [4.69, 9.17) is 5.11 Å². The molecule has 108 valence electrons. The second-order valence-electron chi connectivity index (χ2n) is 4.72. The van der Waals surface area contributed by atoms with Gasteiger partial charge in [-0.2, -0.15) is 0 Å². The molecule has 4 N–H and O–H groups in total. The van der Waals surface area contributed by atoms with Gasteiger partial charge >= 0.3 is 5.97 Å². The van der Waals surface area contributed by atoms with Gasteiger partial charge < -0.3 is 20.7 Å². The molecule has 0 radical (unpaired) electrons. The van der Waals surface area contributed by atoms with Crippen molar-refractivity contribution in [3.8, 4) is 0 Å². The van der Waals surface area contributed by atoms with Crippen LogP contribution in [-0.2, 0) is 20.8 Å². The van der Waals surface area contributed by atoms with Gasteiger partial charge in [-0.05, 0) is 6.42 Å². The fourth-order valence-electron chi connectivity index (χ4n) is 2.06. The Labute approximate surface area is 115 Å². The van der Waals surface area contributed by atoms with Crippen molar-refractivity contribution >= 4 is 17.8 Å². The maximum atomic E-state index is 12.0. The second kappa shape index (κ2) is 6.18. The van der Waals surface area contributed by atoms with Crippen molar-refractivity contribution in [1.29, 1.82) is 0 Å². The van der Waals surface area contributed by atoms with E-state index in [0.29, 0.717) is 12.1 Å². The van der Waals surface area contributed by atoms with Crippen molar-refractivity contribution in [3.63, 3.8) is 0 Å². The van der Waals surface area contributed by atoms with Crippen LogP contribution in [0.1, 0.15) is 18.5 Å². The zero-order chi connectivity index (χ0) is 14.5. The normalized spacial score (nSPS) is 20.0. The Hall–Kier alpha value is -2.38. The number of piperidine rings is 1. The largest absolute Gasteiger partial charge is 0.480 e. The summed E-state index contributed by atoms with van der Waals surface area (Å²) in [6.45, 7) is 0.251. The fraction of sp³-hybridized carbons (Fsp3) is 0.500. The summed E-state index contributed by atoms with van der Waals surface area (Å²) in [7, 11) is 0. The Morgan fingerprint density at radius 1 is 1.55 bits per heavy atom. The average Bonchev–Trinajstić information content (AvgIpc) is 2.91. The molecular formula is C12H16N4O4. The molecule has 1 aliphatic heterocycles. The van der Waals surface area contributed by atoms with E-state index >= 15 is 0 Å². The zero-order valence-corrected chi connectivity index (χ0v) is 10.8. The Bertz CT molecular complexity index is 490. The molecule has 0 aromatic carbocycles. The molecule has 1 aromatic heterocycles. The number of aromatic nitrogens is 2. The zero-order valence-electron chi connectivity index (χ0n) is 10.8. The summed E-state index contributed by atoms with van der Waals surface area (Å²) in [5.74, 6) is -1.91. The molecular weight excluding hydrogens is 264 g/mol. The van der Waals surface area contributed by atoms with E-state index in [1.807, 2.05) is 0 Å². The van der Waals surface area contributed by atoms with E-state index in [1.54, 1.807) is 0 Å². The first-order chi connectivity index (χ1) is 9.56. The number of hydrogen-bond acceptors (Lipinski definition) is 4. The van der Waals surface area contributed by atoms with Crippen molar-refractivity contribution in [2.24, 2.45) is 5.92 Å². The third-order valence-corrected chi connectivity index (χ3v) is 3.23. The SMILES string of the molecule is O=C1CCC(C(=O)NC(Cc2cnc[nH]2)C(=O)O)CN1. The summed E-state index contributed by atoms with van der Waals surface area (Å²) < 4.78 is 0. The van der Waals surface area contributed by atoms with Gasteiger partial charge in [-0.25, -0.2) is 9.78 Å². The molecule has 2 amide bonds. The molecule has 0 spiro atoms. The van der Waals surface area contributed by atoms with Crippen LogP contribution in [0.3, 0.4) is 0 Å². The van der Waals surface area contributed by atoms with E-state index in [2.05, 4.69) is 20.6 Å². The molecule has 0 aliphatic carbocycles. The van der Waals surface area contributed by atoms with E-state index in [1.165, 1.54) is 12.5 Å². The molecule has 2 atom stereocenters. The van der Waals surface area contributed by atoms with Crippen molar-refractivity contribution < 1.29 is 19.5 Å². The van der Waals surface area contributed by atoms with Crippen molar-refractivity contribution in [1.82, 2.24) is 20.6 Å². The summed E-state index contributed by atoms with van der Waals surface area (Å²) >= 11 is 0. The highest BCUT2D eigenvalue weighted by Gasteiger charge is 2.28. The lowest BCUT2D eigenvalue weighted by Crippen LogP contribution is -2.49. The van der Waals surface area contributed by atoms with Crippen LogP contribution >= 0.6 is 0 Å². The third-order valence-electron chi connectivity index (χ3n) is 3.23. The number of hydrogen-bond donors (Lipinski definition) is 4. The first-order valence-corrected chi connectivity index (χ1v) is 6.33. The van der Waals surface area contributed by atoms with Gasteiger partial charge in [0.15, 0.2) is 0 Å². The maximum Gasteiger partial charge on any atom is 0.326 e. The minimum absolute atomic E-state index is 0.0821. The number of carboxylic acid groups (broad SMARTS) is 1. The molecule has 0 bridgehead atoms. The van der Waals surface area contributed by atoms with Gasteiger partial charge in [0.25, 0.3) is 0 Å². The number of amides is 2. The van der Waals surface area contributed by atoms with Crippen LogP contribution in [0.4, 0.5) is 0 Å². The summed E-state index contributed by atoms with van der Waals surface area (Å²) in [5, 5.41) is 14.2. The molecule has 8 nitrogen and oxygen atoms in total. The number of H-pyrrole nitrogens is 1. The summed E-state index contributed by atoms with van der Waals surface area (Å²) in [4.78, 5) is 40.8. The molecule has 2 unspecified atom stereocenters. The summed E-state index contributed by atoms with van der Waals surface area (Å²) in [6.07, 6.45) is 3.83. The standard InChI is InChI=1S/C12H16N4O4/c17-10-2-1-7(4-14-10)11(18)16-9(12(19)20)3-8-5-13-6-15-8/h5-7,9H,1-4H2,(H,13,15)(H,14,17)(H,16,18)(H,19,20). The van der Waals surface area contributed by atoms with Gasteiger partial charge in [-0.1, -0.05) is 0 Å². The molecule has 2 rings (SSSR count). The predicted molar refractivity (Wildman–Crippen MR) is 67.6 cm³/mol. The van der Waals surface area contributed by atoms with Crippen LogP contribution in [0.5, 0.6) is 0 Å². The molecule has 20 heavy (non-hydrogen) atoms. The number of imidazole rings is 1. The Kier molecular flexibility index (Phi) is 4.34. The minimum atomic E-state index is -1.10. The van der Waals surface area contributed by atoms with Crippen LogP contribution in [0.2, 0.25) is 0 Å². The number of aliphatic carboxylic acids is 1. The smallest absolute Gasteiger partial charge is 0.326 e. The quantitative estimate of drug-likeness (QED) is 0.553. The Morgan fingerprint density at radius 2 is 2.35 bits per heavy atom. The minimum Gasteiger partial charge on any atom is -0.480 e. The van der Waals surface area contributed by atoms with E-state index in [9.17, 15) is 14.4 Å². The van der Waals surface area contributed by atoms with Gasteiger partial charge in [0.05, 0.1) is 12.2 Å². The number of nitrogens with zero attached hydrogens (tertiary/aromatic N) is 1. The highest BCUT2D eigenvalue weighted by molar-refractivity contribution is 5.87. The number of carboxylic acids is 1. The predicted octanol–water partition coefficient (Wildman–Crippen LogP) is -0.952. The molecule has 1 aliphatic rings. The summed E-state index contributed by atoms with van der Waals surface area (Å²) in [6, 6.07) is -1.01. The van der Waals surface area contributed by atoms with Crippen molar-refractivity contribution in [2.45, 2.75) is 25.3 Å². The molecule has 1 aromatic rings. The van der Waals surface area contributed by atoms with Crippen LogP contribution in [0.15, 0.2) is 12.5 Å². The molecule has 2 heterocycles. The van der Waals surface area contributed by atoms with Crippen LogP contribution in [-0.4, -0.2) is 45.4 Å². The number of carbonyl (C=O) groups is 3. The van der Waals surface area contributed by atoms with Gasteiger partial charge in [-0.15, -0.1) is 0 Å². The van der Waals surface area contributed by atoms with Crippen molar-refractivity contribution in [2.75, 3.05) is 6.54 Å². The van der Waals surface area contributed by atoms with Crippen LogP contribution < -0.4 is 10.6 Å². The highest BCUT2D eigenvalue weighted by Crippen LogP contribution is 2.11. The van der Waals surface area contributed by atoms with Crippen LogP contribution in [0, 0.1) is 5.92 Å². The fourth-order valence-corrected chi connectivity index (χ4v) is 2.06.